The van der Waals surface area contributed by atoms with Crippen molar-refractivity contribution in [2.75, 3.05) is 0 Å². The van der Waals surface area contributed by atoms with Crippen LogP contribution in [0.25, 0.3) is 11.1 Å². The molecule has 1 amide bonds. The van der Waals surface area contributed by atoms with Gasteiger partial charge in [0.2, 0.25) is 5.91 Å². The lowest BCUT2D eigenvalue weighted by Gasteiger charge is -2.13. The molecular formula is C15H16N2O. The van der Waals surface area contributed by atoms with Crippen molar-refractivity contribution in [1.82, 2.24) is 10.3 Å². The van der Waals surface area contributed by atoms with Crippen LogP contribution in [-0.2, 0) is 4.79 Å². The van der Waals surface area contributed by atoms with Gasteiger partial charge in [-0.3, -0.25) is 9.78 Å². The van der Waals surface area contributed by atoms with Gasteiger partial charge in [0.1, 0.15) is 0 Å². The van der Waals surface area contributed by atoms with Crippen molar-refractivity contribution in [3.63, 3.8) is 0 Å². The van der Waals surface area contributed by atoms with Crippen LogP contribution in [0.4, 0.5) is 0 Å². The van der Waals surface area contributed by atoms with Crippen molar-refractivity contribution >= 4 is 5.91 Å². The van der Waals surface area contributed by atoms with Crippen molar-refractivity contribution in [3.05, 3.63) is 54.4 Å². The highest BCUT2D eigenvalue weighted by molar-refractivity contribution is 5.73. The van der Waals surface area contributed by atoms with Gasteiger partial charge in [0, 0.05) is 19.3 Å². The van der Waals surface area contributed by atoms with Crippen LogP contribution < -0.4 is 5.32 Å². The predicted molar refractivity (Wildman–Crippen MR) is 71.9 cm³/mol. The van der Waals surface area contributed by atoms with E-state index in [0.717, 1.165) is 16.7 Å². The quantitative estimate of drug-likeness (QED) is 0.896. The van der Waals surface area contributed by atoms with E-state index in [9.17, 15) is 4.79 Å². The molecule has 0 saturated heterocycles. The number of carbonyl (C=O) groups excluding carboxylic acids is 1. The summed E-state index contributed by atoms with van der Waals surface area (Å²) < 4.78 is 0. The SMILES string of the molecule is CC(=O)N[C@H](C)c1ccc(-c2ccncc2)cc1. The Kier molecular flexibility index (Phi) is 3.72. The fourth-order valence-electron chi connectivity index (χ4n) is 1.90. The van der Waals surface area contributed by atoms with Gasteiger partial charge in [0.05, 0.1) is 6.04 Å². The van der Waals surface area contributed by atoms with Crippen molar-refractivity contribution in [2.24, 2.45) is 0 Å². The molecule has 0 aliphatic heterocycles. The molecule has 0 bridgehead atoms. The van der Waals surface area contributed by atoms with E-state index in [1.807, 2.05) is 31.2 Å². The molecule has 3 nitrogen and oxygen atoms in total. The van der Waals surface area contributed by atoms with Crippen LogP contribution in [0.2, 0.25) is 0 Å². The molecule has 92 valence electrons. The maximum absolute atomic E-state index is 11.0. The highest BCUT2D eigenvalue weighted by Gasteiger charge is 2.06. The molecule has 2 rings (SSSR count). The lowest BCUT2D eigenvalue weighted by molar-refractivity contribution is -0.119. The van der Waals surface area contributed by atoms with Gasteiger partial charge >= 0.3 is 0 Å². The van der Waals surface area contributed by atoms with Crippen LogP contribution in [0, 0.1) is 0 Å². The largest absolute Gasteiger partial charge is 0.350 e. The van der Waals surface area contributed by atoms with Crippen LogP contribution >= 0.6 is 0 Å². The maximum atomic E-state index is 11.0. The highest BCUT2D eigenvalue weighted by Crippen LogP contribution is 2.21. The summed E-state index contributed by atoms with van der Waals surface area (Å²) in [6.45, 7) is 3.50. The lowest BCUT2D eigenvalue weighted by Crippen LogP contribution is -2.23. The van der Waals surface area contributed by atoms with E-state index in [1.54, 1.807) is 12.4 Å². The molecule has 18 heavy (non-hydrogen) atoms. The van der Waals surface area contributed by atoms with Crippen molar-refractivity contribution in [2.45, 2.75) is 19.9 Å². The van der Waals surface area contributed by atoms with Gasteiger partial charge in [-0.1, -0.05) is 24.3 Å². The summed E-state index contributed by atoms with van der Waals surface area (Å²) in [4.78, 5) is 15.0. The highest BCUT2D eigenvalue weighted by atomic mass is 16.1. The minimum absolute atomic E-state index is 0.0132. The zero-order chi connectivity index (χ0) is 13.0. The van der Waals surface area contributed by atoms with E-state index in [2.05, 4.69) is 22.4 Å². The molecule has 0 spiro atoms. The summed E-state index contributed by atoms with van der Waals surface area (Å²) >= 11 is 0. The maximum Gasteiger partial charge on any atom is 0.217 e. The zero-order valence-corrected chi connectivity index (χ0v) is 10.6. The standard InChI is InChI=1S/C15H16N2O/c1-11(17-12(2)18)13-3-5-14(6-4-13)15-7-9-16-10-8-15/h3-11H,1-2H3,(H,17,18)/t11-/m1/s1. The number of benzene rings is 1. The molecular weight excluding hydrogens is 224 g/mol. The second-order valence-corrected chi connectivity index (χ2v) is 4.28. The number of rotatable bonds is 3. The number of aromatic nitrogens is 1. The van der Waals surface area contributed by atoms with Crippen LogP contribution in [0.15, 0.2) is 48.8 Å². The van der Waals surface area contributed by atoms with E-state index in [-0.39, 0.29) is 11.9 Å². The molecule has 2 aromatic rings. The molecule has 0 unspecified atom stereocenters. The van der Waals surface area contributed by atoms with Gasteiger partial charge in [0.25, 0.3) is 0 Å². The van der Waals surface area contributed by atoms with Gasteiger partial charge in [0.15, 0.2) is 0 Å². The molecule has 0 fully saturated rings. The molecule has 1 atom stereocenters. The smallest absolute Gasteiger partial charge is 0.217 e. The number of pyridine rings is 1. The molecule has 1 heterocycles. The Morgan fingerprint density at radius 2 is 1.61 bits per heavy atom. The first-order valence-electron chi connectivity index (χ1n) is 5.94. The Labute approximate surface area is 107 Å². The summed E-state index contributed by atoms with van der Waals surface area (Å²) in [5.74, 6) is -0.0132. The van der Waals surface area contributed by atoms with Gasteiger partial charge in [-0.15, -0.1) is 0 Å². The summed E-state index contributed by atoms with van der Waals surface area (Å²) in [7, 11) is 0. The van der Waals surface area contributed by atoms with E-state index >= 15 is 0 Å². The first-order chi connectivity index (χ1) is 8.66. The Balaban J connectivity index is 2.18. The van der Waals surface area contributed by atoms with Gasteiger partial charge in [-0.25, -0.2) is 0 Å². The summed E-state index contributed by atoms with van der Waals surface area (Å²) in [5.41, 5.74) is 3.39. The van der Waals surface area contributed by atoms with E-state index < -0.39 is 0 Å². The number of hydrogen-bond donors (Lipinski definition) is 1. The molecule has 0 aliphatic carbocycles. The average Bonchev–Trinajstić information content (AvgIpc) is 2.39. The molecule has 1 N–H and O–H groups in total. The average molecular weight is 240 g/mol. The van der Waals surface area contributed by atoms with E-state index in [0.29, 0.717) is 0 Å². The molecule has 1 aromatic heterocycles. The van der Waals surface area contributed by atoms with Crippen LogP contribution in [0.1, 0.15) is 25.5 Å². The number of carbonyl (C=O) groups is 1. The topological polar surface area (TPSA) is 42.0 Å². The van der Waals surface area contributed by atoms with Crippen molar-refractivity contribution < 1.29 is 4.79 Å². The van der Waals surface area contributed by atoms with Gasteiger partial charge in [-0.2, -0.15) is 0 Å². The van der Waals surface area contributed by atoms with Crippen molar-refractivity contribution in [3.8, 4) is 11.1 Å². The fourth-order valence-corrected chi connectivity index (χ4v) is 1.90. The number of nitrogens with one attached hydrogen (secondary N) is 1. The second-order valence-electron chi connectivity index (χ2n) is 4.28. The monoisotopic (exact) mass is 240 g/mol. The van der Waals surface area contributed by atoms with Crippen LogP contribution in [0.5, 0.6) is 0 Å². The third kappa shape index (κ3) is 2.94. The first kappa shape index (κ1) is 12.3. The third-order valence-corrected chi connectivity index (χ3v) is 2.84. The third-order valence-electron chi connectivity index (χ3n) is 2.84. The Morgan fingerprint density at radius 3 is 2.17 bits per heavy atom. The predicted octanol–water partition coefficient (Wildman–Crippen LogP) is 2.95. The fraction of sp³-hybridized carbons (Fsp3) is 0.200. The zero-order valence-electron chi connectivity index (χ0n) is 10.6. The normalized spacial score (nSPS) is 11.9. The first-order valence-corrected chi connectivity index (χ1v) is 5.94. The lowest BCUT2D eigenvalue weighted by atomic mass is 10.0. The van der Waals surface area contributed by atoms with Crippen LogP contribution in [-0.4, -0.2) is 10.9 Å². The minimum atomic E-state index is -0.0132. The van der Waals surface area contributed by atoms with E-state index in [1.165, 1.54) is 6.92 Å². The Bertz CT molecular complexity index is 520. The van der Waals surface area contributed by atoms with Crippen LogP contribution in [0.3, 0.4) is 0 Å². The summed E-state index contributed by atoms with van der Waals surface area (Å²) in [5, 5.41) is 2.87. The molecule has 0 aliphatic rings. The molecule has 0 saturated carbocycles. The van der Waals surface area contributed by atoms with Crippen molar-refractivity contribution in [1.29, 1.82) is 0 Å². The second kappa shape index (κ2) is 5.45. The Morgan fingerprint density at radius 1 is 1.06 bits per heavy atom. The van der Waals surface area contributed by atoms with Gasteiger partial charge < -0.3 is 5.32 Å². The molecule has 1 aromatic carbocycles. The minimum Gasteiger partial charge on any atom is -0.350 e. The molecule has 3 heteroatoms. The number of amides is 1. The Hall–Kier alpha value is -2.16. The molecule has 0 radical (unpaired) electrons. The number of hydrogen-bond acceptors (Lipinski definition) is 2. The summed E-state index contributed by atoms with van der Waals surface area (Å²) in [6, 6.07) is 12.2. The van der Waals surface area contributed by atoms with E-state index in [4.69, 9.17) is 0 Å². The van der Waals surface area contributed by atoms with Gasteiger partial charge in [-0.05, 0) is 35.7 Å². The number of nitrogens with zero attached hydrogens (tertiary/aromatic N) is 1. The summed E-state index contributed by atoms with van der Waals surface area (Å²) in [6.07, 6.45) is 3.56.